The van der Waals surface area contributed by atoms with E-state index < -0.39 is 11.9 Å². The van der Waals surface area contributed by atoms with Crippen molar-refractivity contribution in [2.75, 3.05) is 0 Å². The molecule has 0 saturated carbocycles. The number of benzene rings is 1. The first kappa shape index (κ1) is 11.0. The van der Waals surface area contributed by atoms with E-state index in [-0.39, 0.29) is 10.6 Å². The van der Waals surface area contributed by atoms with E-state index in [2.05, 4.69) is 15.9 Å². The number of halogens is 3. The molecule has 0 amide bonds. The molecule has 0 saturated heterocycles. The van der Waals surface area contributed by atoms with Crippen LogP contribution in [0.15, 0.2) is 16.6 Å². The maximum atomic E-state index is 13.4. The number of aliphatic hydroxyl groups is 1. The minimum atomic E-state index is -0.843. The Morgan fingerprint density at radius 2 is 2.23 bits per heavy atom. The predicted octanol–water partition coefficient (Wildman–Crippen LogP) is 3.69. The van der Waals surface area contributed by atoms with Crippen LogP contribution in [0.3, 0.4) is 0 Å². The van der Waals surface area contributed by atoms with Crippen molar-refractivity contribution >= 4 is 27.5 Å². The molecule has 1 N–H and O–H groups in total. The van der Waals surface area contributed by atoms with Crippen molar-refractivity contribution in [1.82, 2.24) is 0 Å². The Bertz CT molecular complexity index is 317. The van der Waals surface area contributed by atoms with Gasteiger partial charge in [0.05, 0.1) is 10.6 Å². The Balaban J connectivity index is 3.25. The fourth-order valence-corrected chi connectivity index (χ4v) is 1.67. The summed E-state index contributed by atoms with van der Waals surface area (Å²) in [5, 5.41) is 9.73. The molecule has 0 radical (unpaired) electrons. The highest BCUT2D eigenvalue weighted by atomic mass is 79.9. The second kappa shape index (κ2) is 4.40. The molecule has 1 aromatic carbocycles. The molecule has 72 valence electrons. The summed E-state index contributed by atoms with van der Waals surface area (Å²) in [5.74, 6) is -0.484. The minimum absolute atomic E-state index is 0.165. The van der Waals surface area contributed by atoms with Crippen molar-refractivity contribution < 1.29 is 9.50 Å². The van der Waals surface area contributed by atoms with E-state index in [0.717, 1.165) is 0 Å². The number of hydrogen-bond donors (Lipinski definition) is 1. The molecule has 0 spiro atoms. The van der Waals surface area contributed by atoms with Gasteiger partial charge in [-0.2, -0.15) is 0 Å². The maximum Gasteiger partial charge on any atom is 0.144 e. The molecule has 0 heterocycles. The second-order valence-corrected chi connectivity index (χ2v) is 3.94. The zero-order valence-corrected chi connectivity index (χ0v) is 9.36. The third-order valence-corrected chi connectivity index (χ3v) is 2.74. The maximum absolute atomic E-state index is 13.4. The van der Waals surface area contributed by atoms with Crippen molar-refractivity contribution in [2.45, 2.75) is 19.4 Å². The summed E-state index contributed by atoms with van der Waals surface area (Å²) >= 11 is 8.79. The number of hydrogen-bond acceptors (Lipinski definition) is 1. The first-order valence-electron chi connectivity index (χ1n) is 3.89. The van der Waals surface area contributed by atoms with Gasteiger partial charge in [0.1, 0.15) is 5.82 Å². The lowest BCUT2D eigenvalue weighted by molar-refractivity contribution is 0.169. The molecule has 0 aromatic heterocycles. The average molecular weight is 268 g/mol. The van der Waals surface area contributed by atoms with Gasteiger partial charge < -0.3 is 5.11 Å². The van der Waals surface area contributed by atoms with Crippen LogP contribution in [0.25, 0.3) is 0 Å². The molecule has 1 rings (SSSR count). The van der Waals surface area contributed by atoms with Gasteiger partial charge in [-0.3, -0.25) is 0 Å². The van der Waals surface area contributed by atoms with Gasteiger partial charge in [0.15, 0.2) is 0 Å². The van der Waals surface area contributed by atoms with Gasteiger partial charge in [-0.05, 0) is 34.5 Å². The van der Waals surface area contributed by atoms with E-state index in [1.807, 2.05) is 0 Å². The van der Waals surface area contributed by atoms with Crippen molar-refractivity contribution in [3.05, 3.63) is 33.0 Å². The van der Waals surface area contributed by atoms with Crippen LogP contribution in [0.5, 0.6) is 0 Å². The van der Waals surface area contributed by atoms with Crippen molar-refractivity contribution in [2.24, 2.45) is 0 Å². The summed E-state index contributed by atoms with van der Waals surface area (Å²) in [6, 6.07) is 3.08. The van der Waals surface area contributed by atoms with E-state index in [1.54, 1.807) is 13.0 Å². The van der Waals surface area contributed by atoms with Crippen LogP contribution < -0.4 is 0 Å². The molecule has 4 heteroatoms. The van der Waals surface area contributed by atoms with Crippen LogP contribution in [-0.4, -0.2) is 5.11 Å². The van der Waals surface area contributed by atoms with Crippen LogP contribution in [0.2, 0.25) is 5.02 Å². The van der Waals surface area contributed by atoms with E-state index in [9.17, 15) is 9.50 Å². The molecule has 0 aliphatic carbocycles. The van der Waals surface area contributed by atoms with Gasteiger partial charge >= 0.3 is 0 Å². The zero-order valence-electron chi connectivity index (χ0n) is 7.02. The normalized spacial score (nSPS) is 13.0. The van der Waals surface area contributed by atoms with Gasteiger partial charge in [-0.25, -0.2) is 4.39 Å². The molecular weight excluding hydrogens is 258 g/mol. The number of aliphatic hydroxyl groups excluding tert-OH is 1. The van der Waals surface area contributed by atoms with E-state index in [0.29, 0.717) is 10.9 Å². The Labute approximate surface area is 89.7 Å². The Hall–Kier alpha value is -0.120. The molecular formula is C9H9BrClFO. The van der Waals surface area contributed by atoms with Gasteiger partial charge in [0.25, 0.3) is 0 Å². The number of rotatable bonds is 2. The fourth-order valence-electron chi connectivity index (χ4n) is 1.05. The molecule has 0 aliphatic heterocycles. The summed E-state index contributed by atoms with van der Waals surface area (Å²) < 4.78 is 13.7. The van der Waals surface area contributed by atoms with Crippen LogP contribution in [-0.2, 0) is 0 Å². The Morgan fingerprint density at radius 1 is 1.62 bits per heavy atom. The van der Waals surface area contributed by atoms with E-state index >= 15 is 0 Å². The van der Waals surface area contributed by atoms with Gasteiger partial charge in [-0.1, -0.05) is 18.5 Å². The smallest absolute Gasteiger partial charge is 0.144 e. The fraction of sp³-hybridized carbons (Fsp3) is 0.333. The van der Waals surface area contributed by atoms with Crippen molar-refractivity contribution in [3.8, 4) is 0 Å². The van der Waals surface area contributed by atoms with Crippen LogP contribution in [0.4, 0.5) is 4.39 Å². The van der Waals surface area contributed by atoms with Crippen LogP contribution in [0, 0.1) is 5.82 Å². The summed E-state index contributed by atoms with van der Waals surface area (Å²) in [4.78, 5) is 0. The topological polar surface area (TPSA) is 20.2 Å². The van der Waals surface area contributed by atoms with Crippen LogP contribution in [0.1, 0.15) is 25.0 Å². The predicted molar refractivity (Wildman–Crippen MR) is 54.4 cm³/mol. The second-order valence-electron chi connectivity index (χ2n) is 2.68. The third kappa shape index (κ3) is 2.22. The molecule has 1 aromatic rings. The molecule has 0 bridgehead atoms. The minimum Gasteiger partial charge on any atom is -0.388 e. The van der Waals surface area contributed by atoms with E-state index in [4.69, 9.17) is 11.6 Å². The molecule has 1 unspecified atom stereocenters. The Morgan fingerprint density at radius 3 is 2.77 bits per heavy atom. The average Bonchev–Trinajstić information content (AvgIpc) is 2.12. The van der Waals surface area contributed by atoms with Gasteiger partial charge in [0, 0.05) is 10.6 Å². The van der Waals surface area contributed by atoms with E-state index in [1.165, 1.54) is 6.07 Å². The summed E-state index contributed by atoms with van der Waals surface area (Å²) in [7, 11) is 0. The van der Waals surface area contributed by atoms with Crippen LogP contribution >= 0.6 is 27.5 Å². The third-order valence-electron chi connectivity index (χ3n) is 1.80. The first-order chi connectivity index (χ1) is 6.07. The SMILES string of the molecule is CCC(O)c1c(Cl)ccc(Br)c1F. The molecule has 0 aliphatic rings. The van der Waals surface area contributed by atoms with Gasteiger partial charge in [0.2, 0.25) is 0 Å². The lowest BCUT2D eigenvalue weighted by atomic mass is 10.1. The highest BCUT2D eigenvalue weighted by Gasteiger charge is 2.16. The molecule has 0 fully saturated rings. The zero-order chi connectivity index (χ0) is 10.0. The molecule has 13 heavy (non-hydrogen) atoms. The highest BCUT2D eigenvalue weighted by Crippen LogP contribution is 2.31. The van der Waals surface area contributed by atoms with Crippen molar-refractivity contribution in [1.29, 1.82) is 0 Å². The standard InChI is InChI=1S/C9H9BrClFO/c1-2-7(13)8-6(11)4-3-5(10)9(8)12/h3-4,7,13H,2H2,1H3. The summed E-state index contributed by atoms with van der Waals surface area (Å²) in [6.07, 6.45) is -0.405. The van der Waals surface area contributed by atoms with Gasteiger partial charge in [-0.15, -0.1) is 0 Å². The highest BCUT2D eigenvalue weighted by molar-refractivity contribution is 9.10. The summed E-state index contributed by atoms with van der Waals surface area (Å²) in [5.41, 5.74) is 0.165. The first-order valence-corrected chi connectivity index (χ1v) is 5.06. The molecule has 1 atom stereocenters. The lowest BCUT2D eigenvalue weighted by Crippen LogP contribution is -2.00. The largest absolute Gasteiger partial charge is 0.388 e. The quantitative estimate of drug-likeness (QED) is 0.810. The lowest BCUT2D eigenvalue weighted by Gasteiger charge is -2.12. The van der Waals surface area contributed by atoms with Crippen molar-refractivity contribution in [3.63, 3.8) is 0 Å². The monoisotopic (exact) mass is 266 g/mol. The molecule has 1 nitrogen and oxygen atoms in total. The Kier molecular flexibility index (Phi) is 3.71. The summed E-state index contributed by atoms with van der Waals surface area (Å²) in [6.45, 7) is 1.77.